The van der Waals surface area contributed by atoms with E-state index in [9.17, 15) is 0 Å². The molecule has 0 saturated heterocycles. The molecule has 0 saturated carbocycles. The van der Waals surface area contributed by atoms with Crippen molar-refractivity contribution in [3.63, 3.8) is 0 Å². The van der Waals surface area contributed by atoms with E-state index < -0.39 is 0 Å². The second kappa shape index (κ2) is 6.78. The van der Waals surface area contributed by atoms with E-state index in [1.54, 1.807) is 0 Å². The molecule has 0 fully saturated rings. The Balaban J connectivity index is 2.66. The zero-order chi connectivity index (χ0) is 11.1. The lowest BCUT2D eigenvalue weighted by molar-refractivity contribution is 0.689. The van der Waals surface area contributed by atoms with Crippen molar-refractivity contribution in [1.29, 1.82) is 0 Å². The lowest BCUT2D eigenvalue weighted by Crippen LogP contribution is -2.14. The van der Waals surface area contributed by atoms with E-state index in [-0.39, 0.29) is 0 Å². The third kappa shape index (κ3) is 4.17. The zero-order valence-corrected chi connectivity index (χ0v) is 10.7. The van der Waals surface area contributed by atoms with Crippen LogP contribution in [0.1, 0.15) is 33.6 Å². The molecule has 2 heteroatoms. The van der Waals surface area contributed by atoms with Crippen LogP contribution in [0.5, 0.6) is 0 Å². The van der Waals surface area contributed by atoms with Crippen LogP contribution in [0.4, 0.5) is 5.69 Å². The topological polar surface area (TPSA) is 12.0 Å². The van der Waals surface area contributed by atoms with Crippen LogP contribution in [0.25, 0.3) is 0 Å². The maximum absolute atomic E-state index is 3.58. The molecule has 1 aromatic carbocycles. The third-order valence-electron chi connectivity index (χ3n) is 2.31. The molecule has 1 N–H and O–H groups in total. The Bertz CT molecular complexity index is 286. The molecule has 84 valence electrons. The highest BCUT2D eigenvalue weighted by Gasteiger charge is 2.04. The van der Waals surface area contributed by atoms with E-state index in [2.05, 4.69) is 50.4 Å². The van der Waals surface area contributed by atoms with Crippen LogP contribution in [0.3, 0.4) is 0 Å². The SMILES string of the molecule is CCCC(C)Nc1ccccc1SCC. The summed E-state index contributed by atoms with van der Waals surface area (Å²) < 4.78 is 0. The second-order valence-electron chi connectivity index (χ2n) is 3.76. The summed E-state index contributed by atoms with van der Waals surface area (Å²) in [6.45, 7) is 6.67. The number of thioether (sulfide) groups is 1. The molecule has 0 aliphatic carbocycles. The van der Waals surface area contributed by atoms with Crippen molar-refractivity contribution in [3.05, 3.63) is 24.3 Å². The van der Waals surface area contributed by atoms with Crippen molar-refractivity contribution in [3.8, 4) is 0 Å². The molecular weight excluding hydrogens is 202 g/mol. The predicted octanol–water partition coefficient (Wildman–Crippen LogP) is 4.40. The molecule has 1 unspecified atom stereocenters. The van der Waals surface area contributed by atoms with Crippen molar-refractivity contribution in [2.75, 3.05) is 11.1 Å². The summed E-state index contributed by atoms with van der Waals surface area (Å²) in [6, 6.07) is 9.13. The van der Waals surface area contributed by atoms with Crippen molar-refractivity contribution >= 4 is 17.4 Å². The van der Waals surface area contributed by atoms with Crippen LogP contribution in [-0.2, 0) is 0 Å². The first-order valence-corrected chi connectivity index (χ1v) is 6.74. The van der Waals surface area contributed by atoms with Gasteiger partial charge in [-0.15, -0.1) is 11.8 Å². The molecule has 0 aliphatic rings. The van der Waals surface area contributed by atoms with Crippen LogP contribution in [0.2, 0.25) is 0 Å². The lowest BCUT2D eigenvalue weighted by Gasteiger charge is -2.16. The first kappa shape index (κ1) is 12.4. The van der Waals surface area contributed by atoms with Gasteiger partial charge in [-0.1, -0.05) is 32.4 Å². The minimum absolute atomic E-state index is 0.564. The average Bonchev–Trinajstić information content (AvgIpc) is 2.21. The second-order valence-corrected chi connectivity index (χ2v) is 5.07. The van der Waals surface area contributed by atoms with Gasteiger partial charge in [0.15, 0.2) is 0 Å². The summed E-state index contributed by atoms with van der Waals surface area (Å²) in [5, 5.41) is 3.58. The monoisotopic (exact) mass is 223 g/mol. The third-order valence-corrected chi connectivity index (χ3v) is 3.27. The summed E-state index contributed by atoms with van der Waals surface area (Å²) >= 11 is 1.90. The molecule has 0 aromatic heterocycles. The number of hydrogen-bond donors (Lipinski definition) is 1. The van der Waals surface area contributed by atoms with Crippen LogP contribution in [0.15, 0.2) is 29.2 Å². The average molecular weight is 223 g/mol. The van der Waals surface area contributed by atoms with Gasteiger partial charge in [-0.2, -0.15) is 0 Å². The van der Waals surface area contributed by atoms with E-state index in [0.717, 1.165) is 5.75 Å². The fourth-order valence-electron chi connectivity index (χ4n) is 1.64. The Labute approximate surface area is 97.7 Å². The quantitative estimate of drug-likeness (QED) is 0.717. The largest absolute Gasteiger partial charge is 0.382 e. The lowest BCUT2D eigenvalue weighted by atomic mass is 10.2. The van der Waals surface area contributed by atoms with E-state index in [0.29, 0.717) is 6.04 Å². The number of hydrogen-bond acceptors (Lipinski definition) is 2. The number of nitrogens with one attached hydrogen (secondary N) is 1. The van der Waals surface area contributed by atoms with Crippen molar-refractivity contribution in [2.24, 2.45) is 0 Å². The molecule has 0 amide bonds. The number of anilines is 1. The number of rotatable bonds is 6. The Morgan fingerprint density at radius 2 is 2.00 bits per heavy atom. The summed E-state index contributed by atoms with van der Waals surface area (Å²) in [6.07, 6.45) is 2.46. The molecule has 0 aliphatic heterocycles. The van der Waals surface area contributed by atoms with Crippen LogP contribution in [-0.4, -0.2) is 11.8 Å². The molecular formula is C13H21NS. The fraction of sp³-hybridized carbons (Fsp3) is 0.538. The van der Waals surface area contributed by atoms with Crippen LogP contribution in [0, 0.1) is 0 Å². The molecule has 0 heterocycles. The highest BCUT2D eigenvalue weighted by Crippen LogP contribution is 2.27. The van der Waals surface area contributed by atoms with E-state index in [1.807, 2.05) is 11.8 Å². The van der Waals surface area contributed by atoms with Crippen molar-refractivity contribution in [2.45, 2.75) is 44.6 Å². The summed E-state index contributed by atoms with van der Waals surface area (Å²) in [4.78, 5) is 1.36. The minimum Gasteiger partial charge on any atom is -0.382 e. The summed E-state index contributed by atoms with van der Waals surface area (Å²) in [5.41, 5.74) is 1.28. The van der Waals surface area contributed by atoms with Crippen molar-refractivity contribution < 1.29 is 0 Å². The van der Waals surface area contributed by atoms with Gasteiger partial charge in [-0.25, -0.2) is 0 Å². The van der Waals surface area contributed by atoms with E-state index >= 15 is 0 Å². The van der Waals surface area contributed by atoms with Crippen LogP contribution >= 0.6 is 11.8 Å². The molecule has 0 spiro atoms. The molecule has 1 rings (SSSR count). The molecule has 1 nitrogen and oxygen atoms in total. The Kier molecular flexibility index (Phi) is 5.62. The molecule has 0 bridgehead atoms. The van der Waals surface area contributed by atoms with E-state index in [4.69, 9.17) is 0 Å². The number of para-hydroxylation sites is 1. The Morgan fingerprint density at radius 1 is 1.27 bits per heavy atom. The first-order valence-electron chi connectivity index (χ1n) is 5.76. The Hall–Kier alpha value is -0.630. The van der Waals surface area contributed by atoms with E-state index in [1.165, 1.54) is 23.4 Å². The van der Waals surface area contributed by atoms with Gasteiger partial charge in [0.1, 0.15) is 0 Å². The highest BCUT2D eigenvalue weighted by molar-refractivity contribution is 7.99. The number of benzene rings is 1. The molecule has 1 atom stereocenters. The molecule has 0 radical (unpaired) electrons. The smallest absolute Gasteiger partial charge is 0.0480 e. The standard InChI is InChI=1S/C13H21NS/c1-4-8-11(3)14-12-9-6-7-10-13(12)15-5-2/h6-7,9-11,14H,4-5,8H2,1-3H3. The predicted molar refractivity (Wildman–Crippen MR) is 70.8 cm³/mol. The van der Waals surface area contributed by atoms with Gasteiger partial charge >= 0.3 is 0 Å². The zero-order valence-electron chi connectivity index (χ0n) is 9.92. The molecule has 1 aromatic rings. The van der Waals surface area contributed by atoms with Gasteiger partial charge < -0.3 is 5.32 Å². The first-order chi connectivity index (χ1) is 7.27. The minimum atomic E-state index is 0.564. The maximum Gasteiger partial charge on any atom is 0.0480 e. The summed E-state index contributed by atoms with van der Waals surface area (Å²) in [7, 11) is 0. The fourth-order valence-corrected chi connectivity index (χ4v) is 2.41. The molecule has 15 heavy (non-hydrogen) atoms. The Morgan fingerprint density at radius 3 is 2.67 bits per heavy atom. The van der Waals surface area contributed by atoms with Gasteiger partial charge in [0.25, 0.3) is 0 Å². The van der Waals surface area contributed by atoms with Gasteiger partial charge in [0.05, 0.1) is 0 Å². The highest BCUT2D eigenvalue weighted by atomic mass is 32.2. The van der Waals surface area contributed by atoms with Gasteiger partial charge in [0.2, 0.25) is 0 Å². The normalized spacial score (nSPS) is 12.5. The van der Waals surface area contributed by atoms with Gasteiger partial charge in [-0.05, 0) is 31.2 Å². The maximum atomic E-state index is 3.58. The van der Waals surface area contributed by atoms with Crippen LogP contribution < -0.4 is 5.32 Å². The van der Waals surface area contributed by atoms with Gasteiger partial charge in [0, 0.05) is 16.6 Å². The summed E-state index contributed by atoms with van der Waals surface area (Å²) in [5.74, 6) is 1.13. The van der Waals surface area contributed by atoms with Gasteiger partial charge in [-0.3, -0.25) is 0 Å². The van der Waals surface area contributed by atoms with Crippen molar-refractivity contribution in [1.82, 2.24) is 0 Å².